The van der Waals surface area contributed by atoms with Gasteiger partial charge in [-0.25, -0.2) is 0 Å². The molecule has 0 aliphatic carbocycles. The van der Waals surface area contributed by atoms with Crippen molar-refractivity contribution in [3.63, 3.8) is 0 Å². The van der Waals surface area contributed by atoms with Gasteiger partial charge in [0.25, 0.3) is 0 Å². The lowest BCUT2D eigenvalue weighted by molar-refractivity contribution is -0.134. The van der Waals surface area contributed by atoms with Gasteiger partial charge in [0.05, 0.1) is 0 Å². The summed E-state index contributed by atoms with van der Waals surface area (Å²) < 4.78 is 2.16. The predicted octanol–water partition coefficient (Wildman–Crippen LogP) is 3.48. The van der Waals surface area contributed by atoms with Crippen LogP contribution in [0.5, 0.6) is 0 Å². The topological polar surface area (TPSA) is 54.3 Å². The Kier molecular flexibility index (Phi) is 6.99. The maximum Gasteiger partial charge on any atom is 0.244 e. The van der Waals surface area contributed by atoms with E-state index in [1.165, 1.54) is 6.08 Å². The summed E-state index contributed by atoms with van der Waals surface area (Å²) in [5.74, 6) is -0.337. The summed E-state index contributed by atoms with van der Waals surface area (Å²) in [6.07, 6.45) is 3.29. The molecule has 27 heavy (non-hydrogen) atoms. The molecule has 0 saturated heterocycles. The first-order valence-electron chi connectivity index (χ1n) is 9.40. The van der Waals surface area contributed by atoms with E-state index in [9.17, 15) is 9.59 Å². The SMILES string of the molecule is CCN(CC)C(=O)[C@H](C)NC(=O)/C=C/c1cc(C)n(-c2ccccc2)c1C. The van der Waals surface area contributed by atoms with Gasteiger partial charge in [-0.2, -0.15) is 0 Å². The van der Waals surface area contributed by atoms with E-state index in [0.717, 1.165) is 22.6 Å². The number of aromatic nitrogens is 1. The van der Waals surface area contributed by atoms with Crippen LogP contribution in [0.4, 0.5) is 0 Å². The minimum Gasteiger partial charge on any atom is -0.341 e. The van der Waals surface area contributed by atoms with Crippen LogP contribution in [-0.4, -0.2) is 40.4 Å². The second-order valence-electron chi connectivity index (χ2n) is 6.57. The van der Waals surface area contributed by atoms with Crippen molar-refractivity contribution >= 4 is 17.9 Å². The highest BCUT2D eigenvalue weighted by molar-refractivity contribution is 5.95. The number of amides is 2. The van der Waals surface area contributed by atoms with Gasteiger partial charge in [-0.15, -0.1) is 0 Å². The highest BCUT2D eigenvalue weighted by Crippen LogP contribution is 2.21. The van der Waals surface area contributed by atoms with E-state index in [0.29, 0.717) is 13.1 Å². The van der Waals surface area contributed by atoms with Crippen LogP contribution in [0.2, 0.25) is 0 Å². The van der Waals surface area contributed by atoms with Crippen molar-refractivity contribution in [3.8, 4) is 5.69 Å². The molecule has 0 saturated carbocycles. The van der Waals surface area contributed by atoms with E-state index in [4.69, 9.17) is 0 Å². The summed E-state index contributed by atoms with van der Waals surface area (Å²) in [6.45, 7) is 10.9. The fourth-order valence-electron chi connectivity index (χ4n) is 3.23. The molecule has 0 aliphatic rings. The molecule has 5 nitrogen and oxygen atoms in total. The molecule has 1 atom stereocenters. The van der Waals surface area contributed by atoms with Crippen LogP contribution < -0.4 is 5.32 Å². The molecule has 1 heterocycles. The molecule has 0 bridgehead atoms. The maximum atomic E-state index is 12.3. The molecule has 0 fully saturated rings. The zero-order valence-electron chi connectivity index (χ0n) is 16.8. The van der Waals surface area contributed by atoms with Gasteiger partial charge in [0.1, 0.15) is 6.04 Å². The summed E-state index contributed by atoms with van der Waals surface area (Å²) >= 11 is 0. The summed E-state index contributed by atoms with van der Waals surface area (Å²) in [7, 11) is 0. The molecule has 1 N–H and O–H groups in total. The number of hydrogen-bond acceptors (Lipinski definition) is 2. The normalized spacial score (nSPS) is 12.2. The predicted molar refractivity (Wildman–Crippen MR) is 110 cm³/mol. The zero-order valence-corrected chi connectivity index (χ0v) is 16.8. The van der Waals surface area contributed by atoms with Gasteiger partial charge in [-0.1, -0.05) is 18.2 Å². The van der Waals surface area contributed by atoms with Gasteiger partial charge in [0.15, 0.2) is 0 Å². The van der Waals surface area contributed by atoms with E-state index in [-0.39, 0.29) is 11.8 Å². The Labute approximate surface area is 161 Å². The smallest absolute Gasteiger partial charge is 0.244 e. The molecular formula is C22H29N3O2. The van der Waals surface area contributed by atoms with Crippen molar-refractivity contribution in [1.29, 1.82) is 0 Å². The third kappa shape index (κ3) is 4.88. The largest absolute Gasteiger partial charge is 0.341 e. The number of rotatable bonds is 7. The minimum atomic E-state index is -0.543. The van der Waals surface area contributed by atoms with Crippen LogP contribution in [0, 0.1) is 13.8 Å². The first-order chi connectivity index (χ1) is 12.9. The molecule has 0 aliphatic heterocycles. The zero-order chi connectivity index (χ0) is 20.0. The number of hydrogen-bond donors (Lipinski definition) is 1. The van der Waals surface area contributed by atoms with Gasteiger partial charge < -0.3 is 14.8 Å². The van der Waals surface area contributed by atoms with Crippen molar-refractivity contribution in [3.05, 3.63) is 59.4 Å². The summed E-state index contributed by atoms with van der Waals surface area (Å²) in [5, 5.41) is 2.75. The second kappa shape index (κ2) is 9.21. The minimum absolute atomic E-state index is 0.0657. The molecular weight excluding hydrogens is 338 g/mol. The lowest BCUT2D eigenvalue weighted by atomic mass is 10.2. The van der Waals surface area contributed by atoms with Crippen molar-refractivity contribution in [1.82, 2.24) is 14.8 Å². The fourth-order valence-corrected chi connectivity index (χ4v) is 3.23. The number of para-hydroxylation sites is 1. The molecule has 144 valence electrons. The maximum absolute atomic E-state index is 12.3. The first-order valence-corrected chi connectivity index (χ1v) is 9.40. The second-order valence-corrected chi connectivity index (χ2v) is 6.57. The molecule has 0 unspecified atom stereocenters. The average Bonchev–Trinajstić information content (AvgIpc) is 2.95. The molecule has 5 heteroatoms. The highest BCUT2D eigenvalue weighted by atomic mass is 16.2. The summed E-state index contributed by atoms with van der Waals surface area (Å²) in [4.78, 5) is 26.2. The van der Waals surface area contributed by atoms with E-state index in [1.54, 1.807) is 17.9 Å². The van der Waals surface area contributed by atoms with Crippen LogP contribution in [-0.2, 0) is 9.59 Å². The van der Waals surface area contributed by atoms with Gasteiger partial charge in [0, 0.05) is 36.2 Å². The lowest BCUT2D eigenvalue weighted by Gasteiger charge is -2.23. The molecule has 0 spiro atoms. The number of aryl methyl sites for hydroxylation is 1. The molecule has 0 radical (unpaired) electrons. The number of nitrogens with zero attached hydrogens (tertiary/aromatic N) is 2. The molecule has 1 aromatic heterocycles. The van der Waals surface area contributed by atoms with Gasteiger partial charge in [-0.05, 0) is 64.5 Å². The Morgan fingerprint density at radius 3 is 2.37 bits per heavy atom. The Bertz CT molecular complexity index is 818. The Morgan fingerprint density at radius 1 is 1.15 bits per heavy atom. The summed E-state index contributed by atoms with van der Waals surface area (Å²) in [5.41, 5.74) is 4.24. The Balaban J connectivity index is 2.10. The van der Waals surface area contributed by atoms with Gasteiger partial charge in [0.2, 0.25) is 11.8 Å². The van der Waals surface area contributed by atoms with Crippen LogP contribution in [0.25, 0.3) is 11.8 Å². The van der Waals surface area contributed by atoms with Crippen molar-refractivity contribution in [2.45, 2.75) is 40.7 Å². The first kappa shape index (κ1) is 20.5. The van der Waals surface area contributed by atoms with Gasteiger partial charge >= 0.3 is 0 Å². The number of benzene rings is 1. The lowest BCUT2D eigenvalue weighted by Crippen LogP contribution is -2.46. The quantitative estimate of drug-likeness (QED) is 0.762. The van der Waals surface area contributed by atoms with E-state index in [2.05, 4.69) is 28.1 Å². The molecule has 2 aromatic rings. The number of carbonyl (C=O) groups excluding carboxylic acids is 2. The van der Waals surface area contributed by atoms with Crippen molar-refractivity contribution < 1.29 is 9.59 Å². The molecule has 1 aromatic carbocycles. The van der Waals surface area contributed by atoms with Crippen LogP contribution in [0.3, 0.4) is 0 Å². The number of likely N-dealkylation sites (N-methyl/N-ethyl adjacent to an activating group) is 1. The summed E-state index contributed by atoms with van der Waals surface area (Å²) in [6, 6.07) is 11.6. The number of carbonyl (C=O) groups is 2. The Hall–Kier alpha value is -2.82. The monoisotopic (exact) mass is 367 g/mol. The van der Waals surface area contributed by atoms with Crippen LogP contribution in [0.1, 0.15) is 37.7 Å². The Morgan fingerprint density at radius 2 is 1.78 bits per heavy atom. The number of nitrogens with one attached hydrogen (secondary N) is 1. The van der Waals surface area contributed by atoms with Crippen LogP contribution in [0.15, 0.2) is 42.5 Å². The third-order valence-electron chi connectivity index (χ3n) is 4.70. The van der Waals surface area contributed by atoms with Gasteiger partial charge in [-0.3, -0.25) is 9.59 Å². The van der Waals surface area contributed by atoms with E-state index in [1.807, 2.05) is 45.9 Å². The van der Waals surface area contributed by atoms with Crippen LogP contribution >= 0.6 is 0 Å². The van der Waals surface area contributed by atoms with E-state index >= 15 is 0 Å². The molecule has 2 rings (SSSR count). The standard InChI is InChI=1S/C22H29N3O2/c1-6-24(7-2)22(27)17(4)23-21(26)14-13-19-15-16(3)25(18(19)5)20-11-9-8-10-12-20/h8-15,17H,6-7H2,1-5H3,(H,23,26)/b14-13+/t17-/m0/s1. The third-order valence-corrected chi connectivity index (χ3v) is 4.70. The average molecular weight is 367 g/mol. The van der Waals surface area contributed by atoms with Crippen molar-refractivity contribution in [2.75, 3.05) is 13.1 Å². The van der Waals surface area contributed by atoms with Crippen molar-refractivity contribution in [2.24, 2.45) is 0 Å². The van der Waals surface area contributed by atoms with E-state index < -0.39 is 6.04 Å². The fraction of sp³-hybridized carbons (Fsp3) is 0.364. The highest BCUT2D eigenvalue weighted by Gasteiger charge is 2.19. The molecule has 2 amide bonds.